The van der Waals surface area contributed by atoms with E-state index in [1.807, 2.05) is 13.8 Å². The van der Waals surface area contributed by atoms with Gasteiger partial charge in [-0.15, -0.1) is 11.6 Å². The maximum absolute atomic E-state index is 11.4. The Morgan fingerprint density at radius 2 is 2.00 bits per heavy atom. The monoisotopic (exact) mass is 241 g/mol. The molecule has 5 heteroatoms. The predicted octanol–water partition coefficient (Wildman–Crippen LogP) is 2.11. The minimum Gasteiger partial charge on any atom is -0.212 e. The number of halogens is 1. The molecule has 0 rings (SSSR count). The minimum absolute atomic E-state index is 0.0426. The van der Waals surface area contributed by atoms with Crippen LogP contribution in [0.1, 0.15) is 39.5 Å². The van der Waals surface area contributed by atoms with Gasteiger partial charge in [0.25, 0.3) is 0 Å². The summed E-state index contributed by atoms with van der Waals surface area (Å²) in [5.41, 5.74) is 0. The first-order valence-electron chi connectivity index (χ1n) is 5.07. The molecule has 0 spiro atoms. The van der Waals surface area contributed by atoms with Gasteiger partial charge >= 0.3 is 0 Å². The predicted molar refractivity (Wildman–Crippen MR) is 61.2 cm³/mol. The fourth-order valence-electron chi connectivity index (χ4n) is 1.24. The van der Waals surface area contributed by atoms with E-state index in [2.05, 4.69) is 4.72 Å². The van der Waals surface area contributed by atoms with Crippen molar-refractivity contribution in [1.82, 2.24) is 4.72 Å². The molecule has 0 aromatic rings. The number of nitrogens with one attached hydrogen (secondary N) is 1. The van der Waals surface area contributed by atoms with Crippen LogP contribution < -0.4 is 4.72 Å². The molecule has 86 valence electrons. The highest BCUT2D eigenvalue weighted by atomic mass is 35.5. The minimum atomic E-state index is -3.08. The van der Waals surface area contributed by atoms with Crippen molar-refractivity contribution in [2.24, 2.45) is 0 Å². The molecule has 0 radical (unpaired) electrons. The summed E-state index contributed by atoms with van der Waals surface area (Å²) in [6.45, 7) is 3.93. The Hall–Kier alpha value is 0.200. The van der Waals surface area contributed by atoms with Gasteiger partial charge in [-0.25, -0.2) is 13.1 Å². The van der Waals surface area contributed by atoms with Crippen LogP contribution in [0, 0.1) is 0 Å². The molecule has 1 atom stereocenters. The molecule has 0 bridgehead atoms. The molecule has 0 aliphatic carbocycles. The summed E-state index contributed by atoms with van der Waals surface area (Å²) in [4.78, 5) is 0. The Balaban J connectivity index is 3.82. The summed E-state index contributed by atoms with van der Waals surface area (Å²) >= 11 is 5.47. The standard InChI is InChI=1S/C9H20ClNO2S/c1-3-6-9(2)11-14(12,13)8-5-4-7-10/h9,11H,3-8H2,1-2H3. The van der Waals surface area contributed by atoms with Gasteiger partial charge in [-0.1, -0.05) is 13.3 Å². The van der Waals surface area contributed by atoms with Gasteiger partial charge < -0.3 is 0 Å². The number of unbranched alkanes of at least 4 members (excludes halogenated alkanes) is 1. The Labute approximate surface area is 92.3 Å². The van der Waals surface area contributed by atoms with Gasteiger partial charge in [-0.3, -0.25) is 0 Å². The van der Waals surface area contributed by atoms with Crippen LogP contribution in [-0.4, -0.2) is 26.1 Å². The molecule has 0 saturated heterocycles. The molecule has 0 aromatic carbocycles. The van der Waals surface area contributed by atoms with Gasteiger partial charge in [0.05, 0.1) is 5.75 Å². The fraction of sp³-hybridized carbons (Fsp3) is 1.00. The van der Waals surface area contributed by atoms with E-state index in [0.29, 0.717) is 12.3 Å². The maximum atomic E-state index is 11.4. The van der Waals surface area contributed by atoms with Crippen molar-refractivity contribution < 1.29 is 8.42 Å². The van der Waals surface area contributed by atoms with Gasteiger partial charge in [-0.2, -0.15) is 0 Å². The van der Waals surface area contributed by atoms with Crippen molar-refractivity contribution in [3.8, 4) is 0 Å². The Morgan fingerprint density at radius 1 is 1.36 bits per heavy atom. The molecule has 0 heterocycles. The molecule has 0 fully saturated rings. The van der Waals surface area contributed by atoms with E-state index in [1.165, 1.54) is 0 Å². The Morgan fingerprint density at radius 3 is 2.50 bits per heavy atom. The van der Waals surface area contributed by atoms with Gasteiger partial charge in [0, 0.05) is 11.9 Å². The number of sulfonamides is 1. The van der Waals surface area contributed by atoms with Gasteiger partial charge in [0.1, 0.15) is 0 Å². The topological polar surface area (TPSA) is 46.2 Å². The number of hydrogen-bond donors (Lipinski definition) is 1. The average Bonchev–Trinajstić information content (AvgIpc) is 2.03. The summed E-state index contributed by atoms with van der Waals surface area (Å²) in [7, 11) is -3.08. The molecule has 0 amide bonds. The Bertz CT molecular complexity index is 229. The van der Waals surface area contributed by atoms with Crippen LogP contribution in [-0.2, 0) is 10.0 Å². The van der Waals surface area contributed by atoms with Crippen LogP contribution in [0.3, 0.4) is 0 Å². The molecule has 0 saturated carbocycles. The number of hydrogen-bond acceptors (Lipinski definition) is 2. The van der Waals surface area contributed by atoms with Gasteiger partial charge in [0.15, 0.2) is 0 Å². The van der Waals surface area contributed by atoms with E-state index in [9.17, 15) is 8.42 Å². The third kappa shape index (κ3) is 7.59. The summed E-state index contributed by atoms with van der Waals surface area (Å²) in [6.07, 6.45) is 3.27. The first kappa shape index (κ1) is 14.2. The highest BCUT2D eigenvalue weighted by molar-refractivity contribution is 7.89. The van der Waals surface area contributed by atoms with Crippen LogP contribution in [0.5, 0.6) is 0 Å². The first-order valence-corrected chi connectivity index (χ1v) is 7.26. The van der Waals surface area contributed by atoms with Crippen LogP contribution in [0.15, 0.2) is 0 Å². The lowest BCUT2D eigenvalue weighted by Gasteiger charge is -2.12. The van der Waals surface area contributed by atoms with Crippen molar-refractivity contribution in [2.75, 3.05) is 11.6 Å². The van der Waals surface area contributed by atoms with E-state index in [0.717, 1.165) is 19.3 Å². The zero-order valence-electron chi connectivity index (χ0n) is 8.92. The third-order valence-corrected chi connectivity index (χ3v) is 3.75. The first-order chi connectivity index (χ1) is 6.52. The lowest BCUT2D eigenvalue weighted by atomic mass is 10.2. The molecule has 1 N–H and O–H groups in total. The quantitative estimate of drug-likeness (QED) is 0.523. The van der Waals surface area contributed by atoms with Crippen molar-refractivity contribution >= 4 is 21.6 Å². The molecule has 0 aromatic heterocycles. The highest BCUT2D eigenvalue weighted by Crippen LogP contribution is 2.01. The second kappa shape index (κ2) is 7.49. The summed E-state index contributed by atoms with van der Waals surface area (Å²) in [6, 6.07) is 0.0426. The maximum Gasteiger partial charge on any atom is 0.211 e. The van der Waals surface area contributed by atoms with Crippen molar-refractivity contribution in [2.45, 2.75) is 45.6 Å². The second-order valence-electron chi connectivity index (χ2n) is 3.52. The molecule has 14 heavy (non-hydrogen) atoms. The zero-order chi connectivity index (χ0) is 11.0. The van der Waals surface area contributed by atoms with E-state index in [1.54, 1.807) is 0 Å². The van der Waals surface area contributed by atoms with Crippen molar-refractivity contribution in [1.29, 1.82) is 0 Å². The van der Waals surface area contributed by atoms with E-state index in [4.69, 9.17) is 11.6 Å². The zero-order valence-corrected chi connectivity index (χ0v) is 10.5. The fourth-order valence-corrected chi connectivity index (χ4v) is 2.87. The smallest absolute Gasteiger partial charge is 0.211 e. The Kier molecular flexibility index (Phi) is 7.59. The summed E-state index contributed by atoms with van der Waals surface area (Å²) in [5.74, 6) is 0.716. The van der Waals surface area contributed by atoms with Crippen molar-refractivity contribution in [3.05, 3.63) is 0 Å². The summed E-state index contributed by atoms with van der Waals surface area (Å²) in [5, 5.41) is 0. The SMILES string of the molecule is CCCC(C)NS(=O)(=O)CCCCCl. The van der Waals surface area contributed by atoms with E-state index in [-0.39, 0.29) is 11.8 Å². The molecular formula is C9H20ClNO2S. The molecule has 0 aliphatic heterocycles. The number of rotatable bonds is 8. The van der Waals surface area contributed by atoms with Gasteiger partial charge in [0.2, 0.25) is 10.0 Å². The number of alkyl halides is 1. The van der Waals surface area contributed by atoms with E-state index < -0.39 is 10.0 Å². The van der Waals surface area contributed by atoms with Crippen LogP contribution >= 0.6 is 11.6 Å². The van der Waals surface area contributed by atoms with Gasteiger partial charge in [-0.05, 0) is 26.2 Å². The van der Waals surface area contributed by atoms with Crippen LogP contribution in [0.25, 0.3) is 0 Å². The lowest BCUT2D eigenvalue weighted by molar-refractivity contribution is 0.541. The van der Waals surface area contributed by atoms with Crippen molar-refractivity contribution in [3.63, 3.8) is 0 Å². The van der Waals surface area contributed by atoms with Crippen LogP contribution in [0.4, 0.5) is 0 Å². The largest absolute Gasteiger partial charge is 0.212 e. The molecular weight excluding hydrogens is 222 g/mol. The average molecular weight is 242 g/mol. The third-order valence-electron chi connectivity index (χ3n) is 1.90. The molecule has 0 aliphatic rings. The highest BCUT2D eigenvalue weighted by Gasteiger charge is 2.12. The summed E-state index contributed by atoms with van der Waals surface area (Å²) < 4.78 is 25.5. The van der Waals surface area contributed by atoms with E-state index >= 15 is 0 Å². The van der Waals surface area contributed by atoms with Crippen LogP contribution in [0.2, 0.25) is 0 Å². The normalized spacial score (nSPS) is 14.2. The lowest BCUT2D eigenvalue weighted by Crippen LogP contribution is -2.34. The second-order valence-corrected chi connectivity index (χ2v) is 5.77. The molecule has 1 unspecified atom stereocenters. The molecule has 3 nitrogen and oxygen atoms in total.